The predicted molar refractivity (Wildman–Crippen MR) is 103 cm³/mol. The van der Waals surface area contributed by atoms with Crippen molar-refractivity contribution < 1.29 is 18.7 Å². The van der Waals surface area contributed by atoms with Gasteiger partial charge in [-0.05, 0) is 31.2 Å². The number of carbonyl (C=O) groups excluding carboxylic acids is 2. The summed E-state index contributed by atoms with van der Waals surface area (Å²) in [6.07, 6.45) is 0. The van der Waals surface area contributed by atoms with Crippen molar-refractivity contribution >= 4 is 33.3 Å². The van der Waals surface area contributed by atoms with Gasteiger partial charge >= 0.3 is 5.97 Å². The topological polar surface area (TPSA) is 69.4 Å². The fourth-order valence-electron chi connectivity index (χ4n) is 2.65. The van der Waals surface area contributed by atoms with Crippen LogP contribution < -0.4 is 0 Å². The van der Waals surface area contributed by atoms with Crippen LogP contribution in [-0.2, 0) is 11.3 Å². The summed E-state index contributed by atoms with van der Waals surface area (Å²) in [4.78, 5) is 28.0. The Morgan fingerprint density at radius 2 is 1.81 bits per heavy atom. The zero-order valence-electron chi connectivity index (χ0n) is 14.5. The zero-order chi connectivity index (χ0) is 18.8. The van der Waals surface area contributed by atoms with Crippen LogP contribution in [0.15, 0.2) is 65.1 Å². The summed E-state index contributed by atoms with van der Waals surface area (Å²) in [5.41, 5.74) is 2.30. The molecule has 0 amide bonds. The molecule has 0 N–H and O–H groups in total. The Morgan fingerprint density at radius 3 is 2.56 bits per heavy atom. The van der Waals surface area contributed by atoms with E-state index < -0.39 is 5.97 Å². The number of para-hydroxylation sites is 1. The van der Waals surface area contributed by atoms with Crippen LogP contribution in [0.25, 0.3) is 21.5 Å². The van der Waals surface area contributed by atoms with Gasteiger partial charge in [0.15, 0.2) is 5.78 Å². The Bertz CT molecular complexity index is 1090. The third kappa shape index (κ3) is 3.66. The minimum Gasteiger partial charge on any atom is -0.452 e. The molecule has 134 valence electrons. The van der Waals surface area contributed by atoms with Gasteiger partial charge in [0.1, 0.15) is 17.4 Å². The van der Waals surface area contributed by atoms with E-state index in [1.165, 1.54) is 18.3 Å². The van der Waals surface area contributed by atoms with Crippen molar-refractivity contribution in [1.82, 2.24) is 4.98 Å². The number of thiazole rings is 1. The predicted octanol–water partition coefficient (Wildman–Crippen LogP) is 5.12. The SMILES string of the molecule is CC(=O)c1ccc(-c2ccc(C(=O)OCc3nc4ccccc4s3)o2)cc1. The highest BCUT2D eigenvalue weighted by atomic mass is 32.1. The van der Waals surface area contributed by atoms with Crippen LogP contribution >= 0.6 is 11.3 Å². The Kier molecular flexibility index (Phi) is 4.56. The standard InChI is InChI=1S/C21H15NO4S/c1-13(23)14-6-8-15(9-7-14)17-10-11-18(26-17)21(24)25-12-20-22-16-4-2-3-5-19(16)27-20/h2-11H,12H2,1H3. The summed E-state index contributed by atoms with van der Waals surface area (Å²) in [5, 5.41) is 0.733. The van der Waals surface area contributed by atoms with Crippen molar-refractivity contribution in [2.24, 2.45) is 0 Å². The number of esters is 1. The summed E-state index contributed by atoms with van der Waals surface area (Å²) >= 11 is 1.49. The number of fused-ring (bicyclic) bond motifs is 1. The molecule has 0 aliphatic rings. The van der Waals surface area contributed by atoms with E-state index in [0.717, 1.165) is 20.8 Å². The Morgan fingerprint density at radius 1 is 1.04 bits per heavy atom. The van der Waals surface area contributed by atoms with Gasteiger partial charge in [0, 0.05) is 11.1 Å². The molecular formula is C21H15NO4S. The molecule has 4 aromatic rings. The van der Waals surface area contributed by atoms with Crippen LogP contribution in [0, 0.1) is 0 Å². The van der Waals surface area contributed by atoms with E-state index in [4.69, 9.17) is 9.15 Å². The fraction of sp³-hybridized carbons (Fsp3) is 0.0952. The molecule has 0 saturated heterocycles. The lowest BCUT2D eigenvalue weighted by Gasteiger charge is -2.01. The highest BCUT2D eigenvalue weighted by molar-refractivity contribution is 7.18. The van der Waals surface area contributed by atoms with Crippen LogP contribution in [0.3, 0.4) is 0 Å². The van der Waals surface area contributed by atoms with Gasteiger partial charge in [-0.3, -0.25) is 4.79 Å². The number of rotatable bonds is 5. The first-order valence-corrected chi connectivity index (χ1v) is 9.14. The maximum atomic E-state index is 12.2. The van der Waals surface area contributed by atoms with Crippen molar-refractivity contribution in [1.29, 1.82) is 0 Å². The molecule has 27 heavy (non-hydrogen) atoms. The van der Waals surface area contributed by atoms with Gasteiger partial charge in [0.25, 0.3) is 0 Å². The van der Waals surface area contributed by atoms with Crippen LogP contribution in [0.2, 0.25) is 0 Å². The van der Waals surface area contributed by atoms with E-state index in [1.54, 1.807) is 36.4 Å². The van der Waals surface area contributed by atoms with Crippen LogP contribution in [0.4, 0.5) is 0 Å². The molecule has 0 fully saturated rings. The van der Waals surface area contributed by atoms with Crippen LogP contribution in [0.1, 0.15) is 32.8 Å². The lowest BCUT2D eigenvalue weighted by atomic mass is 10.1. The molecule has 0 aliphatic heterocycles. The van der Waals surface area contributed by atoms with E-state index in [-0.39, 0.29) is 18.2 Å². The van der Waals surface area contributed by atoms with E-state index >= 15 is 0 Å². The van der Waals surface area contributed by atoms with E-state index in [2.05, 4.69) is 4.98 Å². The molecule has 2 heterocycles. The third-order valence-corrected chi connectivity index (χ3v) is 5.06. The second-order valence-electron chi connectivity index (χ2n) is 5.95. The van der Waals surface area contributed by atoms with Crippen molar-refractivity contribution in [3.8, 4) is 11.3 Å². The Hall–Kier alpha value is -3.25. The highest BCUT2D eigenvalue weighted by Gasteiger charge is 2.15. The monoisotopic (exact) mass is 377 g/mol. The normalized spacial score (nSPS) is 10.9. The number of Topliss-reactive ketones (excluding diaryl/α,β-unsaturated/α-hetero) is 1. The van der Waals surface area contributed by atoms with Gasteiger partial charge in [0.2, 0.25) is 5.76 Å². The van der Waals surface area contributed by atoms with Gasteiger partial charge in [-0.25, -0.2) is 9.78 Å². The van der Waals surface area contributed by atoms with Gasteiger partial charge < -0.3 is 9.15 Å². The smallest absolute Gasteiger partial charge is 0.374 e. The van der Waals surface area contributed by atoms with Crippen molar-refractivity contribution in [2.45, 2.75) is 13.5 Å². The number of ether oxygens (including phenoxy) is 1. The number of carbonyl (C=O) groups is 2. The minimum absolute atomic E-state index is 0.000101. The first-order chi connectivity index (χ1) is 13.1. The second-order valence-corrected chi connectivity index (χ2v) is 7.06. The molecule has 0 spiro atoms. The molecule has 0 saturated carbocycles. The molecule has 2 aromatic heterocycles. The van der Waals surface area contributed by atoms with Gasteiger partial charge in [-0.2, -0.15) is 0 Å². The third-order valence-electron chi connectivity index (χ3n) is 4.05. The van der Waals surface area contributed by atoms with Gasteiger partial charge in [0.05, 0.1) is 10.2 Å². The maximum absolute atomic E-state index is 12.2. The van der Waals surface area contributed by atoms with Gasteiger partial charge in [-0.15, -0.1) is 11.3 Å². The number of nitrogens with zero attached hydrogens (tertiary/aromatic N) is 1. The molecule has 0 bridgehead atoms. The second kappa shape index (κ2) is 7.17. The fourth-order valence-corrected chi connectivity index (χ4v) is 3.53. The average molecular weight is 377 g/mol. The number of benzene rings is 2. The van der Waals surface area contributed by atoms with E-state index in [0.29, 0.717) is 11.3 Å². The summed E-state index contributed by atoms with van der Waals surface area (Å²) in [6, 6.07) is 18.1. The lowest BCUT2D eigenvalue weighted by Crippen LogP contribution is -2.03. The van der Waals surface area contributed by atoms with Crippen molar-refractivity contribution in [3.05, 3.63) is 77.0 Å². The van der Waals surface area contributed by atoms with Crippen LogP contribution in [-0.4, -0.2) is 16.7 Å². The first kappa shape index (κ1) is 17.2. The number of furan rings is 1. The average Bonchev–Trinajstić information content (AvgIpc) is 3.33. The van der Waals surface area contributed by atoms with Crippen molar-refractivity contribution in [2.75, 3.05) is 0 Å². The first-order valence-electron chi connectivity index (χ1n) is 8.33. The zero-order valence-corrected chi connectivity index (χ0v) is 15.3. The summed E-state index contributed by atoms with van der Waals surface area (Å²) in [7, 11) is 0. The number of hydrogen-bond acceptors (Lipinski definition) is 6. The highest BCUT2D eigenvalue weighted by Crippen LogP contribution is 2.25. The summed E-state index contributed by atoms with van der Waals surface area (Å²) in [6.45, 7) is 1.61. The molecular weight excluding hydrogens is 362 g/mol. The maximum Gasteiger partial charge on any atom is 0.374 e. The molecule has 0 unspecified atom stereocenters. The molecule has 5 nitrogen and oxygen atoms in total. The molecule has 6 heteroatoms. The Balaban J connectivity index is 1.44. The molecule has 0 radical (unpaired) electrons. The largest absolute Gasteiger partial charge is 0.452 e. The number of aromatic nitrogens is 1. The summed E-state index contributed by atoms with van der Waals surface area (Å²) < 4.78 is 12.0. The molecule has 0 atom stereocenters. The van der Waals surface area contributed by atoms with Crippen LogP contribution in [0.5, 0.6) is 0 Å². The van der Waals surface area contributed by atoms with Gasteiger partial charge in [-0.1, -0.05) is 36.4 Å². The molecule has 0 aliphatic carbocycles. The van der Waals surface area contributed by atoms with Crippen molar-refractivity contribution in [3.63, 3.8) is 0 Å². The minimum atomic E-state index is -0.541. The van der Waals surface area contributed by atoms with E-state index in [9.17, 15) is 9.59 Å². The number of ketones is 1. The quantitative estimate of drug-likeness (QED) is 0.357. The number of hydrogen-bond donors (Lipinski definition) is 0. The Labute approximate surface area is 159 Å². The molecule has 2 aromatic carbocycles. The summed E-state index contributed by atoms with van der Waals surface area (Å²) in [5.74, 6) is 0.125. The van der Waals surface area contributed by atoms with E-state index in [1.807, 2.05) is 24.3 Å². The lowest BCUT2D eigenvalue weighted by molar-refractivity contribution is 0.0437. The molecule has 4 rings (SSSR count).